The maximum absolute atomic E-state index is 5.29. The third-order valence-electron chi connectivity index (χ3n) is 1.46. The van der Waals surface area contributed by atoms with E-state index in [4.69, 9.17) is 4.74 Å². The average molecular weight is 180 g/mol. The zero-order valence-corrected chi connectivity index (χ0v) is 8.37. The number of halogens is 1. The van der Waals surface area contributed by atoms with Crippen LogP contribution >= 0.6 is 0 Å². The summed E-state index contributed by atoms with van der Waals surface area (Å²) in [6.45, 7) is 8.68. The van der Waals surface area contributed by atoms with Gasteiger partial charge >= 0.3 is 0 Å². The van der Waals surface area contributed by atoms with Crippen molar-refractivity contribution in [2.24, 2.45) is 0 Å². The Morgan fingerprint density at radius 3 is 2.18 bits per heavy atom. The highest BCUT2D eigenvalue weighted by atomic mass is 35.5. The van der Waals surface area contributed by atoms with Gasteiger partial charge in [0.2, 0.25) is 0 Å². The van der Waals surface area contributed by atoms with Crippen LogP contribution in [0.2, 0.25) is 0 Å². The zero-order chi connectivity index (χ0) is 7.98. The smallest absolute Gasteiger partial charge is 0.0977 e. The second kappa shape index (κ2) is 8.05. The van der Waals surface area contributed by atoms with E-state index >= 15 is 0 Å². The highest BCUT2D eigenvalue weighted by molar-refractivity contribution is 5.06. The first-order valence-electron chi connectivity index (χ1n) is 3.68. The van der Waals surface area contributed by atoms with Crippen LogP contribution in [0.4, 0.5) is 0 Å². The van der Waals surface area contributed by atoms with Crippen LogP contribution in [-0.2, 0) is 4.74 Å². The van der Waals surface area contributed by atoms with Crippen LogP contribution in [0, 0.1) is 0 Å². The Labute approximate surface area is 75.2 Å². The summed E-state index contributed by atoms with van der Waals surface area (Å²) < 4.78 is 5.29. The van der Waals surface area contributed by atoms with Crippen LogP contribution in [0.1, 0.15) is 20.8 Å². The van der Waals surface area contributed by atoms with E-state index in [-0.39, 0.29) is 12.4 Å². The molecule has 0 rings (SSSR count). The number of ether oxygens (including phenoxy) is 1. The van der Waals surface area contributed by atoms with Gasteiger partial charge in [-0.3, -0.25) is 0 Å². The van der Waals surface area contributed by atoms with E-state index in [0.717, 1.165) is 19.8 Å². The Hall–Kier alpha value is -0.0500. The average Bonchev–Trinajstić information content (AvgIpc) is 1.88. The molecule has 0 heterocycles. The minimum atomic E-state index is 0. The normalized spacial score (nSPS) is 8.73. The minimum Gasteiger partial charge on any atom is -1.00 e. The summed E-state index contributed by atoms with van der Waals surface area (Å²) in [5.41, 5.74) is 6.36. The molecule has 0 atom stereocenters. The van der Waals surface area contributed by atoms with Crippen molar-refractivity contribution in [3.05, 3.63) is 11.1 Å². The quantitative estimate of drug-likeness (QED) is 0.380. The zero-order valence-electron chi connectivity index (χ0n) is 7.61. The van der Waals surface area contributed by atoms with Crippen molar-refractivity contribution >= 4 is 0 Å². The van der Waals surface area contributed by atoms with E-state index in [0.29, 0.717) is 0 Å². The summed E-state index contributed by atoms with van der Waals surface area (Å²) in [4.78, 5) is 0. The molecule has 0 aliphatic heterocycles. The van der Waals surface area contributed by atoms with E-state index in [2.05, 4.69) is 26.5 Å². The minimum absolute atomic E-state index is 0. The van der Waals surface area contributed by atoms with Crippen molar-refractivity contribution in [3.8, 4) is 0 Å². The lowest BCUT2D eigenvalue weighted by molar-refractivity contribution is -0.373. The Morgan fingerprint density at radius 1 is 1.27 bits per heavy atom. The third-order valence-corrected chi connectivity index (χ3v) is 1.46. The Bertz CT molecular complexity index is 119. The van der Waals surface area contributed by atoms with Crippen LogP contribution in [0.3, 0.4) is 0 Å². The van der Waals surface area contributed by atoms with E-state index in [1.807, 2.05) is 0 Å². The Kier molecular flexibility index (Phi) is 9.90. The fraction of sp³-hybridized carbons (Fsp3) is 0.750. The van der Waals surface area contributed by atoms with Crippen molar-refractivity contribution < 1.29 is 22.9 Å². The van der Waals surface area contributed by atoms with Gasteiger partial charge in [-0.2, -0.15) is 0 Å². The molecule has 0 aliphatic carbocycles. The number of rotatable bonds is 4. The number of allylic oxidation sites excluding steroid dienone is 1. The first-order chi connectivity index (χ1) is 4.68. The summed E-state index contributed by atoms with van der Waals surface area (Å²) in [5, 5.41) is 0. The number of hydrogen-bond acceptors (Lipinski definition) is 1. The first-order valence-corrected chi connectivity index (χ1v) is 3.68. The summed E-state index contributed by atoms with van der Waals surface area (Å²) in [6, 6.07) is 0. The molecule has 0 unspecified atom stereocenters. The maximum atomic E-state index is 5.29. The molecule has 0 aliphatic rings. The topological polar surface area (TPSA) is 36.9 Å². The highest BCUT2D eigenvalue weighted by Gasteiger charge is 1.91. The monoisotopic (exact) mass is 179 g/mol. The fourth-order valence-electron chi connectivity index (χ4n) is 0.472. The van der Waals surface area contributed by atoms with E-state index in [1.165, 1.54) is 11.1 Å². The van der Waals surface area contributed by atoms with Gasteiger partial charge in [-0.1, -0.05) is 5.57 Å². The van der Waals surface area contributed by atoms with Gasteiger partial charge < -0.3 is 22.9 Å². The predicted octanol–water partition coefficient (Wildman–Crippen LogP) is -2.39. The lowest BCUT2D eigenvalue weighted by Gasteiger charge is -2.02. The van der Waals surface area contributed by atoms with Gasteiger partial charge in [0.15, 0.2) is 0 Å². The largest absolute Gasteiger partial charge is 1.00 e. The lowest BCUT2D eigenvalue weighted by atomic mass is 10.2. The molecule has 0 spiro atoms. The first kappa shape index (κ1) is 13.5. The Morgan fingerprint density at radius 2 is 1.82 bits per heavy atom. The van der Waals surface area contributed by atoms with Gasteiger partial charge in [-0.25, -0.2) is 0 Å². The van der Waals surface area contributed by atoms with Gasteiger partial charge in [0.25, 0.3) is 0 Å². The molecule has 3 N–H and O–H groups in total. The molecule has 0 bridgehead atoms. The van der Waals surface area contributed by atoms with Crippen LogP contribution in [0.15, 0.2) is 11.1 Å². The number of hydrogen-bond donors (Lipinski definition) is 1. The van der Waals surface area contributed by atoms with Crippen molar-refractivity contribution in [3.63, 3.8) is 0 Å². The summed E-state index contributed by atoms with van der Waals surface area (Å²) in [5.74, 6) is 0. The molecule has 0 saturated heterocycles. The SMILES string of the molecule is CC(C)=C(C)COCC[NH3+].[Cl-]. The molecule has 3 heteroatoms. The van der Waals surface area contributed by atoms with Gasteiger partial charge in [-0.15, -0.1) is 0 Å². The molecule has 0 aromatic carbocycles. The van der Waals surface area contributed by atoms with Gasteiger partial charge in [0.05, 0.1) is 19.8 Å². The highest BCUT2D eigenvalue weighted by Crippen LogP contribution is 2.00. The van der Waals surface area contributed by atoms with Crippen LogP contribution in [0.25, 0.3) is 0 Å². The molecule has 0 radical (unpaired) electrons. The fourth-order valence-corrected chi connectivity index (χ4v) is 0.472. The van der Waals surface area contributed by atoms with E-state index < -0.39 is 0 Å². The summed E-state index contributed by atoms with van der Waals surface area (Å²) >= 11 is 0. The third kappa shape index (κ3) is 7.85. The molecule has 0 saturated carbocycles. The second-order valence-electron chi connectivity index (χ2n) is 2.69. The maximum Gasteiger partial charge on any atom is 0.0977 e. The molecule has 11 heavy (non-hydrogen) atoms. The molecule has 68 valence electrons. The van der Waals surface area contributed by atoms with Gasteiger partial charge in [-0.05, 0) is 26.3 Å². The number of quaternary nitrogens is 1. The summed E-state index contributed by atoms with van der Waals surface area (Å²) in [7, 11) is 0. The molecule has 0 amide bonds. The standard InChI is InChI=1S/C8H17NO.ClH/c1-7(2)8(3)6-10-5-4-9;/h4-6,9H2,1-3H3;1H. The molecule has 0 aromatic rings. The van der Waals surface area contributed by atoms with Crippen LogP contribution in [-0.4, -0.2) is 19.8 Å². The second-order valence-corrected chi connectivity index (χ2v) is 2.69. The van der Waals surface area contributed by atoms with Crippen molar-refractivity contribution in [2.45, 2.75) is 20.8 Å². The lowest BCUT2D eigenvalue weighted by Crippen LogP contribution is -3.00. The van der Waals surface area contributed by atoms with E-state index in [9.17, 15) is 0 Å². The predicted molar refractivity (Wildman–Crippen MR) is 42.6 cm³/mol. The van der Waals surface area contributed by atoms with Gasteiger partial charge in [0, 0.05) is 0 Å². The van der Waals surface area contributed by atoms with Crippen LogP contribution in [0.5, 0.6) is 0 Å². The van der Waals surface area contributed by atoms with Crippen molar-refractivity contribution in [1.29, 1.82) is 0 Å². The molecular formula is C8H18ClNO. The van der Waals surface area contributed by atoms with Gasteiger partial charge in [0.1, 0.15) is 0 Å². The van der Waals surface area contributed by atoms with Crippen molar-refractivity contribution in [2.75, 3.05) is 19.8 Å². The molecule has 0 fully saturated rings. The molecular weight excluding hydrogens is 162 g/mol. The molecule has 2 nitrogen and oxygen atoms in total. The molecule has 0 aromatic heterocycles. The Balaban J connectivity index is 0. The van der Waals surface area contributed by atoms with Crippen LogP contribution < -0.4 is 18.1 Å². The van der Waals surface area contributed by atoms with Crippen molar-refractivity contribution in [1.82, 2.24) is 0 Å². The summed E-state index contributed by atoms with van der Waals surface area (Å²) in [6.07, 6.45) is 0. The van der Waals surface area contributed by atoms with E-state index in [1.54, 1.807) is 0 Å².